The van der Waals surface area contributed by atoms with E-state index in [-0.39, 0.29) is 5.91 Å². The lowest BCUT2D eigenvalue weighted by molar-refractivity contribution is -0.138. The van der Waals surface area contributed by atoms with Gasteiger partial charge in [-0.05, 0) is 32.2 Å². The van der Waals surface area contributed by atoms with E-state index < -0.39 is 0 Å². The van der Waals surface area contributed by atoms with Crippen molar-refractivity contribution in [2.75, 3.05) is 13.6 Å². The van der Waals surface area contributed by atoms with Crippen molar-refractivity contribution < 1.29 is 4.79 Å². The highest BCUT2D eigenvalue weighted by atomic mass is 16.2. The summed E-state index contributed by atoms with van der Waals surface area (Å²) in [6.45, 7) is 2.64. The van der Waals surface area contributed by atoms with Gasteiger partial charge in [0.25, 0.3) is 0 Å². The molecular formula is C11H20N2O. The van der Waals surface area contributed by atoms with Crippen molar-refractivity contribution in [3.05, 3.63) is 0 Å². The van der Waals surface area contributed by atoms with Crippen LogP contribution < -0.4 is 5.32 Å². The Morgan fingerprint density at radius 3 is 2.43 bits per heavy atom. The molecule has 0 aromatic carbocycles. The van der Waals surface area contributed by atoms with E-state index in [1.54, 1.807) is 6.92 Å². The number of nitrogens with zero attached hydrogens (tertiary/aromatic N) is 1. The molecule has 2 aliphatic rings. The predicted molar refractivity (Wildman–Crippen MR) is 56.0 cm³/mol. The Balaban J connectivity index is 1.94. The number of hydrogen-bond acceptors (Lipinski definition) is 2. The molecular weight excluding hydrogens is 176 g/mol. The van der Waals surface area contributed by atoms with E-state index in [4.69, 9.17) is 0 Å². The molecule has 0 bridgehead atoms. The summed E-state index contributed by atoms with van der Waals surface area (Å²) in [5, 5.41) is 3.40. The smallest absolute Gasteiger partial charge is 0.219 e. The SMILES string of the molecule is CNC(C1CCC1)C1CCN1C(C)=O. The van der Waals surface area contributed by atoms with Crippen molar-refractivity contribution in [3.63, 3.8) is 0 Å². The Bertz CT molecular complexity index is 225. The molecule has 2 rings (SSSR count). The topological polar surface area (TPSA) is 32.3 Å². The molecule has 1 saturated carbocycles. The van der Waals surface area contributed by atoms with E-state index in [1.165, 1.54) is 25.7 Å². The summed E-state index contributed by atoms with van der Waals surface area (Å²) in [6, 6.07) is 1.02. The third-order valence-electron chi connectivity index (χ3n) is 3.88. The fourth-order valence-corrected chi connectivity index (χ4v) is 2.71. The summed E-state index contributed by atoms with van der Waals surface area (Å²) >= 11 is 0. The van der Waals surface area contributed by atoms with E-state index in [0.717, 1.165) is 12.5 Å². The quantitative estimate of drug-likeness (QED) is 0.730. The molecule has 1 aliphatic heterocycles. The maximum atomic E-state index is 11.3. The van der Waals surface area contributed by atoms with Gasteiger partial charge in [-0.2, -0.15) is 0 Å². The second-order valence-corrected chi connectivity index (χ2v) is 4.57. The number of amides is 1. The minimum Gasteiger partial charge on any atom is -0.338 e. The molecule has 1 amide bonds. The van der Waals surface area contributed by atoms with Crippen LogP contribution in [0.15, 0.2) is 0 Å². The summed E-state index contributed by atoms with van der Waals surface area (Å²) in [4.78, 5) is 13.3. The van der Waals surface area contributed by atoms with Crippen LogP contribution in [0.2, 0.25) is 0 Å². The average molecular weight is 196 g/mol. The first-order chi connectivity index (χ1) is 6.74. The van der Waals surface area contributed by atoms with Gasteiger partial charge in [-0.1, -0.05) is 6.42 Å². The van der Waals surface area contributed by atoms with Gasteiger partial charge in [0.1, 0.15) is 0 Å². The monoisotopic (exact) mass is 196 g/mol. The Hall–Kier alpha value is -0.570. The lowest BCUT2D eigenvalue weighted by Gasteiger charge is -2.49. The lowest BCUT2D eigenvalue weighted by atomic mass is 9.74. The van der Waals surface area contributed by atoms with Crippen molar-refractivity contribution in [2.45, 2.75) is 44.7 Å². The van der Waals surface area contributed by atoms with Crippen LogP contribution in [0.4, 0.5) is 0 Å². The number of carbonyl (C=O) groups excluding carboxylic acids is 1. The van der Waals surface area contributed by atoms with Crippen LogP contribution in [0, 0.1) is 5.92 Å². The molecule has 2 atom stereocenters. The summed E-state index contributed by atoms with van der Waals surface area (Å²) in [7, 11) is 2.03. The molecule has 80 valence electrons. The third kappa shape index (κ3) is 1.54. The van der Waals surface area contributed by atoms with Crippen molar-refractivity contribution in [3.8, 4) is 0 Å². The first-order valence-corrected chi connectivity index (χ1v) is 5.68. The van der Waals surface area contributed by atoms with Crippen LogP contribution in [0.3, 0.4) is 0 Å². The Morgan fingerprint density at radius 1 is 1.43 bits per heavy atom. The molecule has 1 N–H and O–H groups in total. The van der Waals surface area contributed by atoms with Gasteiger partial charge in [-0.15, -0.1) is 0 Å². The number of likely N-dealkylation sites (tertiary alicyclic amines) is 1. The molecule has 0 aromatic heterocycles. The second-order valence-electron chi connectivity index (χ2n) is 4.57. The predicted octanol–water partition coefficient (Wildman–Crippen LogP) is 0.995. The minimum atomic E-state index is 0.237. The Labute approximate surface area is 85.8 Å². The third-order valence-corrected chi connectivity index (χ3v) is 3.88. The first kappa shape index (κ1) is 9.97. The molecule has 3 heteroatoms. The Kier molecular flexibility index (Phi) is 2.77. The van der Waals surface area contributed by atoms with Crippen LogP contribution in [0.5, 0.6) is 0 Å². The van der Waals surface area contributed by atoms with Crippen LogP contribution in [0.1, 0.15) is 32.6 Å². The number of nitrogens with one attached hydrogen (secondary N) is 1. The largest absolute Gasteiger partial charge is 0.338 e. The standard InChI is InChI=1S/C11H20N2O/c1-8(14)13-7-6-10(13)11(12-2)9-4-3-5-9/h9-12H,3-7H2,1-2H3. The molecule has 1 heterocycles. The number of carbonyl (C=O) groups is 1. The van der Waals surface area contributed by atoms with Crippen molar-refractivity contribution >= 4 is 5.91 Å². The van der Waals surface area contributed by atoms with Gasteiger partial charge >= 0.3 is 0 Å². The number of rotatable bonds is 3. The molecule has 0 spiro atoms. The molecule has 2 fully saturated rings. The lowest BCUT2D eigenvalue weighted by Crippen LogP contribution is -2.62. The summed E-state index contributed by atoms with van der Waals surface area (Å²) < 4.78 is 0. The minimum absolute atomic E-state index is 0.237. The maximum absolute atomic E-state index is 11.3. The van der Waals surface area contributed by atoms with E-state index in [9.17, 15) is 4.79 Å². The number of likely N-dealkylation sites (N-methyl/N-ethyl adjacent to an activating group) is 1. The zero-order valence-corrected chi connectivity index (χ0v) is 9.12. The number of hydrogen-bond donors (Lipinski definition) is 1. The van der Waals surface area contributed by atoms with Crippen LogP contribution >= 0.6 is 0 Å². The van der Waals surface area contributed by atoms with Gasteiger partial charge in [-0.3, -0.25) is 4.79 Å². The van der Waals surface area contributed by atoms with Gasteiger partial charge in [0.05, 0.1) is 0 Å². The summed E-state index contributed by atoms with van der Waals surface area (Å²) in [5.74, 6) is 1.05. The molecule has 1 aliphatic carbocycles. The molecule has 0 radical (unpaired) electrons. The fourth-order valence-electron chi connectivity index (χ4n) is 2.71. The van der Waals surface area contributed by atoms with Crippen molar-refractivity contribution in [2.24, 2.45) is 5.92 Å². The van der Waals surface area contributed by atoms with Gasteiger partial charge in [0.2, 0.25) is 5.91 Å². The molecule has 1 saturated heterocycles. The zero-order chi connectivity index (χ0) is 10.1. The van der Waals surface area contributed by atoms with E-state index >= 15 is 0 Å². The van der Waals surface area contributed by atoms with Gasteiger partial charge < -0.3 is 10.2 Å². The zero-order valence-electron chi connectivity index (χ0n) is 9.12. The highest BCUT2D eigenvalue weighted by molar-refractivity contribution is 5.74. The van der Waals surface area contributed by atoms with E-state index in [1.807, 2.05) is 11.9 Å². The maximum Gasteiger partial charge on any atom is 0.219 e. The van der Waals surface area contributed by atoms with Crippen LogP contribution in [-0.4, -0.2) is 36.5 Å². The normalized spacial score (nSPS) is 29.3. The summed E-state index contributed by atoms with van der Waals surface area (Å²) in [5.41, 5.74) is 0. The second kappa shape index (κ2) is 3.89. The van der Waals surface area contributed by atoms with E-state index in [0.29, 0.717) is 12.1 Å². The van der Waals surface area contributed by atoms with Gasteiger partial charge in [0.15, 0.2) is 0 Å². The summed E-state index contributed by atoms with van der Waals surface area (Å²) in [6.07, 6.45) is 5.23. The van der Waals surface area contributed by atoms with Crippen molar-refractivity contribution in [1.82, 2.24) is 10.2 Å². The molecule has 2 unspecified atom stereocenters. The highest BCUT2D eigenvalue weighted by Gasteiger charge is 2.40. The van der Waals surface area contributed by atoms with Crippen LogP contribution in [0.25, 0.3) is 0 Å². The van der Waals surface area contributed by atoms with E-state index in [2.05, 4.69) is 5.32 Å². The van der Waals surface area contributed by atoms with Crippen molar-refractivity contribution in [1.29, 1.82) is 0 Å². The van der Waals surface area contributed by atoms with Crippen LogP contribution in [-0.2, 0) is 4.79 Å². The average Bonchev–Trinajstić information content (AvgIpc) is 1.96. The highest BCUT2D eigenvalue weighted by Crippen LogP contribution is 2.35. The Morgan fingerprint density at radius 2 is 2.14 bits per heavy atom. The fraction of sp³-hybridized carbons (Fsp3) is 0.909. The van der Waals surface area contributed by atoms with Gasteiger partial charge in [-0.25, -0.2) is 0 Å². The molecule has 14 heavy (non-hydrogen) atoms. The molecule has 3 nitrogen and oxygen atoms in total. The molecule has 0 aromatic rings. The first-order valence-electron chi connectivity index (χ1n) is 5.68. The van der Waals surface area contributed by atoms with Gasteiger partial charge in [0, 0.05) is 25.6 Å².